The molecule has 0 aliphatic heterocycles. The maximum atomic E-state index is 12.6. The molecule has 3 aromatic rings. The fourth-order valence-corrected chi connectivity index (χ4v) is 2.34. The van der Waals surface area contributed by atoms with Crippen molar-refractivity contribution < 1.29 is 13.9 Å². The lowest BCUT2D eigenvalue weighted by Crippen LogP contribution is -2.04. The van der Waals surface area contributed by atoms with Gasteiger partial charge in [0, 0.05) is 17.2 Å². The van der Waals surface area contributed by atoms with Crippen LogP contribution in [0, 0.1) is 0 Å². The van der Waals surface area contributed by atoms with Crippen molar-refractivity contribution in [3.63, 3.8) is 0 Å². The molecule has 1 heterocycles. The number of halogens is 1. The standard InChI is InChI=1S/C15H11ClO4/c1-18-9-6-12(19-2)14-13(7-9)20-11-4-3-8(16)5-10(11)15(14)17/h3-7H,1-2H3. The van der Waals surface area contributed by atoms with Crippen LogP contribution in [0.15, 0.2) is 39.5 Å². The third-order valence-corrected chi connectivity index (χ3v) is 3.36. The van der Waals surface area contributed by atoms with E-state index in [2.05, 4.69) is 0 Å². The summed E-state index contributed by atoms with van der Waals surface area (Å²) in [4.78, 5) is 12.6. The van der Waals surface area contributed by atoms with Gasteiger partial charge in [0.1, 0.15) is 28.1 Å². The summed E-state index contributed by atoms with van der Waals surface area (Å²) < 4.78 is 16.2. The summed E-state index contributed by atoms with van der Waals surface area (Å²) in [5.74, 6) is 0.973. The molecule has 0 aliphatic rings. The highest BCUT2D eigenvalue weighted by molar-refractivity contribution is 6.31. The first kappa shape index (κ1) is 12.8. The zero-order valence-electron chi connectivity index (χ0n) is 10.9. The van der Waals surface area contributed by atoms with E-state index < -0.39 is 0 Å². The topological polar surface area (TPSA) is 48.7 Å². The molecule has 1 aromatic heterocycles. The Kier molecular flexibility index (Phi) is 3.03. The number of fused-ring (bicyclic) bond motifs is 2. The van der Waals surface area contributed by atoms with E-state index in [1.54, 1.807) is 37.4 Å². The Morgan fingerprint density at radius 3 is 2.55 bits per heavy atom. The third kappa shape index (κ3) is 1.89. The Bertz CT molecular complexity index is 867. The Morgan fingerprint density at radius 1 is 1.05 bits per heavy atom. The molecule has 0 amide bonds. The van der Waals surface area contributed by atoms with Crippen LogP contribution < -0.4 is 14.9 Å². The lowest BCUT2D eigenvalue weighted by atomic mass is 10.1. The number of ether oxygens (including phenoxy) is 2. The zero-order valence-corrected chi connectivity index (χ0v) is 11.7. The van der Waals surface area contributed by atoms with Crippen LogP contribution in [0.25, 0.3) is 21.9 Å². The Hall–Kier alpha value is -2.20. The molecular formula is C15H11ClO4. The fraction of sp³-hybridized carbons (Fsp3) is 0.133. The van der Waals surface area contributed by atoms with Gasteiger partial charge in [-0.05, 0) is 18.2 Å². The SMILES string of the molecule is COc1cc(OC)c2c(=O)c3cc(Cl)ccc3oc2c1. The maximum absolute atomic E-state index is 12.6. The predicted molar refractivity (Wildman–Crippen MR) is 78.1 cm³/mol. The van der Waals surface area contributed by atoms with Gasteiger partial charge < -0.3 is 13.9 Å². The molecular weight excluding hydrogens is 280 g/mol. The quantitative estimate of drug-likeness (QED) is 0.676. The molecule has 4 nitrogen and oxygen atoms in total. The van der Waals surface area contributed by atoms with Crippen molar-refractivity contribution in [2.24, 2.45) is 0 Å². The van der Waals surface area contributed by atoms with Crippen LogP contribution in [0.1, 0.15) is 0 Å². The van der Waals surface area contributed by atoms with Gasteiger partial charge in [0.2, 0.25) is 5.43 Å². The van der Waals surface area contributed by atoms with Gasteiger partial charge in [0.15, 0.2) is 0 Å². The van der Waals surface area contributed by atoms with E-state index in [1.165, 1.54) is 7.11 Å². The van der Waals surface area contributed by atoms with E-state index in [0.29, 0.717) is 38.5 Å². The van der Waals surface area contributed by atoms with Crippen LogP contribution in [0.2, 0.25) is 5.02 Å². The number of benzene rings is 2. The normalized spacial score (nSPS) is 10.9. The monoisotopic (exact) mass is 290 g/mol. The lowest BCUT2D eigenvalue weighted by Gasteiger charge is -2.08. The predicted octanol–water partition coefficient (Wildman–Crippen LogP) is 3.62. The molecule has 0 saturated carbocycles. The van der Waals surface area contributed by atoms with Crippen LogP contribution in [-0.2, 0) is 0 Å². The van der Waals surface area contributed by atoms with Gasteiger partial charge >= 0.3 is 0 Å². The van der Waals surface area contributed by atoms with Gasteiger partial charge in [-0.1, -0.05) is 11.6 Å². The molecule has 0 spiro atoms. The van der Waals surface area contributed by atoms with E-state index in [0.717, 1.165) is 0 Å². The largest absolute Gasteiger partial charge is 0.496 e. The molecule has 0 bridgehead atoms. The molecule has 0 N–H and O–H groups in total. The zero-order chi connectivity index (χ0) is 14.3. The molecule has 0 unspecified atom stereocenters. The summed E-state index contributed by atoms with van der Waals surface area (Å²) in [6.07, 6.45) is 0. The molecule has 0 aliphatic carbocycles. The first-order valence-electron chi connectivity index (χ1n) is 5.92. The van der Waals surface area contributed by atoms with Crippen LogP contribution in [0.4, 0.5) is 0 Å². The number of hydrogen-bond acceptors (Lipinski definition) is 4. The van der Waals surface area contributed by atoms with Crippen molar-refractivity contribution in [2.45, 2.75) is 0 Å². The van der Waals surface area contributed by atoms with E-state index >= 15 is 0 Å². The van der Waals surface area contributed by atoms with E-state index in [1.807, 2.05) is 0 Å². The molecule has 0 saturated heterocycles. The summed E-state index contributed by atoms with van der Waals surface area (Å²) in [5, 5.41) is 1.29. The van der Waals surface area contributed by atoms with Crippen molar-refractivity contribution in [1.29, 1.82) is 0 Å². The highest BCUT2D eigenvalue weighted by Crippen LogP contribution is 2.31. The fourth-order valence-electron chi connectivity index (χ4n) is 2.17. The van der Waals surface area contributed by atoms with Crippen molar-refractivity contribution in [2.75, 3.05) is 14.2 Å². The summed E-state index contributed by atoms with van der Waals surface area (Å²) in [5.41, 5.74) is 0.714. The molecule has 0 atom stereocenters. The van der Waals surface area contributed by atoms with Crippen molar-refractivity contribution in [3.8, 4) is 11.5 Å². The summed E-state index contributed by atoms with van der Waals surface area (Å²) in [7, 11) is 3.04. The van der Waals surface area contributed by atoms with Gasteiger partial charge in [-0.25, -0.2) is 0 Å². The molecule has 0 radical (unpaired) electrons. The third-order valence-electron chi connectivity index (χ3n) is 3.13. The van der Waals surface area contributed by atoms with E-state index in [4.69, 9.17) is 25.5 Å². The van der Waals surface area contributed by atoms with Crippen molar-refractivity contribution in [1.82, 2.24) is 0 Å². The van der Waals surface area contributed by atoms with Crippen molar-refractivity contribution in [3.05, 3.63) is 45.6 Å². The first-order chi connectivity index (χ1) is 9.63. The smallest absolute Gasteiger partial charge is 0.204 e. The molecule has 5 heteroatoms. The van der Waals surface area contributed by atoms with Gasteiger partial charge in [-0.15, -0.1) is 0 Å². The van der Waals surface area contributed by atoms with Gasteiger partial charge in [0.25, 0.3) is 0 Å². The minimum atomic E-state index is -0.178. The highest BCUT2D eigenvalue weighted by atomic mass is 35.5. The number of hydrogen-bond donors (Lipinski definition) is 0. The first-order valence-corrected chi connectivity index (χ1v) is 6.30. The summed E-state index contributed by atoms with van der Waals surface area (Å²) in [6, 6.07) is 8.25. The van der Waals surface area contributed by atoms with Gasteiger partial charge in [-0.3, -0.25) is 4.79 Å². The minimum absolute atomic E-state index is 0.178. The lowest BCUT2D eigenvalue weighted by molar-refractivity contribution is 0.396. The maximum Gasteiger partial charge on any atom is 0.204 e. The minimum Gasteiger partial charge on any atom is -0.496 e. The number of methoxy groups -OCH3 is 2. The van der Waals surface area contributed by atoms with Crippen LogP contribution >= 0.6 is 11.6 Å². The average molecular weight is 291 g/mol. The van der Waals surface area contributed by atoms with Gasteiger partial charge in [-0.2, -0.15) is 0 Å². The number of rotatable bonds is 2. The summed E-state index contributed by atoms with van der Waals surface area (Å²) >= 11 is 5.93. The second-order valence-corrected chi connectivity index (χ2v) is 4.71. The van der Waals surface area contributed by atoms with Gasteiger partial charge in [0.05, 0.1) is 19.6 Å². The van der Waals surface area contributed by atoms with E-state index in [9.17, 15) is 4.79 Å². The molecule has 0 fully saturated rings. The molecule has 2 aromatic carbocycles. The second kappa shape index (κ2) is 4.72. The van der Waals surface area contributed by atoms with Crippen LogP contribution in [0.3, 0.4) is 0 Å². The second-order valence-electron chi connectivity index (χ2n) is 4.27. The van der Waals surface area contributed by atoms with Crippen LogP contribution in [0.5, 0.6) is 11.5 Å². The van der Waals surface area contributed by atoms with E-state index in [-0.39, 0.29) is 5.43 Å². The highest BCUT2D eigenvalue weighted by Gasteiger charge is 2.14. The Labute approximate surface area is 119 Å². The van der Waals surface area contributed by atoms with Crippen LogP contribution in [-0.4, -0.2) is 14.2 Å². The average Bonchev–Trinajstić information content (AvgIpc) is 2.47. The Balaban J connectivity index is 2.52. The summed E-state index contributed by atoms with van der Waals surface area (Å²) in [6.45, 7) is 0. The molecule has 102 valence electrons. The van der Waals surface area contributed by atoms with Crippen molar-refractivity contribution >= 4 is 33.5 Å². The molecule has 20 heavy (non-hydrogen) atoms. The Morgan fingerprint density at radius 2 is 1.85 bits per heavy atom. The molecule has 3 rings (SSSR count).